The van der Waals surface area contributed by atoms with Crippen molar-refractivity contribution in [2.24, 2.45) is 0 Å². The van der Waals surface area contributed by atoms with Crippen LogP contribution in [0.2, 0.25) is 0 Å². The van der Waals surface area contributed by atoms with Crippen molar-refractivity contribution in [2.45, 2.75) is 20.8 Å². The monoisotopic (exact) mass is 862 g/mol. The Bertz CT molecular complexity index is 3300. The minimum atomic E-state index is 0. The first-order valence-electron chi connectivity index (χ1n) is 17.5. The maximum Gasteiger partial charge on any atom is 2.00 e. The summed E-state index contributed by atoms with van der Waals surface area (Å²) < 4.78 is 11.0. The van der Waals surface area contributed by atoms with Crippen LogP contribution in [0.5, 0.6) is 11.5 Å². The van der Waals surface area contributed by atoms with Crippen molar-refractivity contribution in [3.8, 4) is 22.6 Å². The van der Waals surface area contributed by atoms with Crippen LogP contribution in [0.1, 0.15) is 16.7 Å². The molecule has 0 aliphatic rings. The fraction of sp³-hybridized carbons (Fsp3) is 0.0652. The molecule has 0 saturated heterocycles. The van der Waals surface area contributed by atoms with Gasteiger partial charge in [0.25, 0.3) is 0 Å². The van der Waals surface area contributed by atoms with Gasteiger partial charge < -0.3 is 13.5 Å². The third kappa shape index (κ3) is 4.65. The van der Waals surface area contributed by atoms with Crippen LogP contribution in [-0.2, 0) is 21.1 Å². The van der Waals surface area contributed by atoms with Crippen LogP contribution in [0.15, 0.2) is 121 Å². The Labute approximate surface area is 318 Å². The fourth-order valence-corrected chi connectivity index (χ4v) is 8.36. The summed E-state index contributed by atoms with van der Waals surface area (Å²) in [4.78, 5) is 14.9. The van der Waals surface area contributed by atoms with Gasteiger partial charge in [0.15, 0.2) is 0 Å². The van der Waals surface area contributed by atoms with E-state index in [9.17, 15) is 0 Å². The number of benzene rings is 6. The average Bonchev–Trinajstić information content (AvgIpc) is 3.75. The Hall–Kier alpha value is -6.10. The summed E-state index contributed by atoms with van der Waals surface area (Å²) in [6.45, 7) is 6.55. The van der Waals surface area contributed by atoms with Crippen molar-refractivity contribution < 1.29 is 25.8 Å². The summed E-state index contributed by atoms with van der Waals surface area (Å²) in [5, 5.41) is 6.03. The van der Waals surface area contributed by atoms with Gasteiger partial charge in [0.1, 0.15) is 5.65 Å². The second-order valence-corrected chi connectivity index (χ2v) is 13.7. The van der Waals surface area contributed by atoms with Crippen molar-refractivity contribution in [2.75, 3.05) is 0 Å². The van der Waals surface area contributed by atoms with Gasteiger partial charge in [0.05, 0.1) is 33.4 Å². The molecule has 0 aliphatic heterocycles. The predicted molar refractivity (Wildman–Crippen MR) is 211 cm³/mol. The molecule has 0 N–H and O–H groups in total. The van der Waals surface area contributed by atoms with E-state index in [0.717, 1.165) is 76.8 Å². The average molecular weight is 863 g/mol. The SMILES string of the molecule is Cc1cc(C)c(-c2ccc3c(c2)c2ccc(Oc4[c-]c5c(cc4)c4cccnc4n4c6ccccc6nc54)[c-]c2c2nc4ccccc4n32)c(C)c1.[Pt+2]. The smallest absolute Gasteiger partial charge is 0.497 e. The van der Waals surface area contributed by atoms with E-state index in [1.165, 1.54) is 27.8 Å². The number of hydrogen-bond acceptors (Lipinski definition) is 4. The van der Waals surface area contributed by atoms with Crippen LogP contribution in [-0.4, -0.2) is 23.8 Å². The molecular formula is C46H29N5OPt. The molecule has 0 unspecified atom stereocenters. The number of aryl methyl sites for hydroxylation is 3. The molecule has 7 heteroatoms. The first-order valence-corrected chi connectivity index (χ1v) is 17.5. The van der Waals surface area contributed by atoms with Gasteiger partial charge in [0, 0.05) is 23.2 Å². The van der Waals surface area contributed by atoms with E-state index in [4.69, 9.17) is 19.7 Å². The van der Waals surface area contributed by atoms with Crippen LogP contribution in [0, 0.1) is 32.9 Å². The molecule has 254 valence electrons. The molecule has 5 aromatic heterocycles. The van der Waals surface area contributed by atoms with Crippen molar-refractivity contribution in [3.63, 3.8) is 0 Å². The zero-order chi connectivity index (χ0) is 34.7. The maximum atomic E-state index is 6.60. The molecule has 0 bridgehead atoms. The number of fused-ring (bicyclic) bond motifs is 16. The van der Waals surface area contributed by atoms with Gasteiger partial charge >= 0.3 is 21.1 Å². The van der Waals surface area contributed by atoms with Gasteiger partial charge in [-0.2, -0.15) is 0 Å². The second kappa shape index (κ2) is 11.7. The number of imidazole rings is 2. The van der Waals surface area contributed by atoms with Gasteiger partial charge in [-0.3, -0.25) is 9.97 Å². The Balaban J connectivity index is 0.00000349. The largest absolute Gasteiger partial charge is 2.00 e. The molecule has 0 aliphatic carbocycles. The van der Waals surface area contributed by atoms with Crippen molar-refractivity contribution in [1.29, 1.82) is 0 Å². The molecule has 0 spiro atoms. The molecule has 6 nitrogen and oxygen atoms in total. The van der Waals surface area contributed by atoms with Gasteiger partial charge in [0.2, 0.25) is 0 Å². The standard InChI is InChI=1S/C46H29N5O.Pt/c1-26-21-27(2)43(28(3)22-26)29-14-19-40-35(23-29)33-18-16-31(25-37(33)45-48-38-10-4-6-12-41(38)50(40)45)52-30-15-17-32-34-9-8-20-47-44(34)51-42-13-7-5-11-39(42)49-46(51)36(32)24-30;/h4-23H,1-3H3;/q-2;+2. The summed E-state index contributed by atoms with van der Waals surface area (Å²) in [6.07, 6.45) is 1.83. The Morgan fingerprint density at radius 2 is 1.13 bits per heavy atom. The molecule has 0 atom stereocenters. The number of ether oxygens (including phenoxy) is 1. The van der Waals surface area contributed by atoms with E-state index >= 15 is 0 Å². The molecule has 5 heterocycles. The van der Waals surface area contributed by atoms with E-state index in [-0.39, 0.29) is 21.1 Å². The van der Waals surface area contributed by atoms with Crippen LogP contribution in [0.25, 0.3) is 88.0 Å². The van der Waals surface area contributed by atoms with Gasteiger partial charge in [-0.15, -0.1) is 12.1 Å². The molecule has 0 radical (unpaired) electrons. The number of rotatable bonds is 3. The Morgan fingerprint density at radius 1 is 0.528 bits per heavy atom. The summed E-state index contributed by atoms with van der Waals surface area (Å²) in [5.41, 5.74) is 13.8. The minimum Gasteiger partial charge on any atom is -0.497 e. The Kier molecular flexibility index (Phi) is 6.98. The van der Waals surface area contributed by atoms with Crippen LogP contribution in [0.3, 0.4) is 0 Å². The Morgan fingerprint density at radius 3 is 1.81 bits per heavy atom. The first-order chi connectivity index (χ1) is 25.5. The van der Waals surface area contributed by atoms with Crippen LogP contribution < -0.4 is 4.74 Å². The zero-order valence-electron chi connectivity index (χ0n) is 29.0. The number of nitrogens with zero attached hydrogens (tertiary/aromatic N) is 5. The second-order valence-electron chi connectivity index (χ2n) is 13.7. The van der Waals surface area contributed by atoms with E-state index in [0.29, 0.717) is 11.5 Å². The number of hydrogen-bond donors (Lipinski definition) is 0. The number of pyridine rings is 3. The summed E-state index contributed by atoms with van der Waals surface area (Å²) >= 11 is 0. The van der Waals surface area contributed by atoms with Crippen molar-refractivity contribution >= 4 is 76.8 Å². The van der Waals surface area contributed by atoms with Gasteiger partial charge in [-0.25, -0.2) is 4.98 Å². The molecule has 6 aromatic carbocycles. The first kappa shape index (κ1) is 31.6. The zero-order valence-corrected chi connectivity index (χ0v) is 31.3. The quantitative estimate of drug-likeness (QED) is 0.131. The number of para-hydroxylation sites is 4. The summed E-state index contributed by atoms with van der Waals surface area (Å²) in [5.74, 6) is 1.17. The molecule has 53 heavy (non-hydrogen) atoms. The molecule has 0 fully saturated rings. The van der Waals surface area contributed by atoms with E-state index in [1.54, 1.807) is 0 Å². The third-order valence-corrected chi connectivity index (χ3v) is 10.4. The molecular weight excluding hydrogens is 834 g/mol. The molecule has 0 amide bonds. The van der Waals surface area contributed by atoms with Crippen molar-refractivity contribution in [1.82, 2.24) is 23.8 Å². The number of aromatic nitrogens is 5. The summed E-state index contributed by atoms with van der Waals surface area (Å²) in [7, 11) is 0. The third-order valence-electron chi connectivity index (χ3n) is 10.4. The van der Waals surface area contributed by atoms with Crippen LogP contribution >= 0.6 is 0 Å². The molecule has 0 saturated carbocycles. The van der Waals surface area contributed by atoms with E-state index in [1.807, 2.05) is 48.7 Å². The summed E-state index contributed by atoms with van der Waals surface area (Å²) in [6, 6.07) is 47.2. The fourth-order valence-electron chi connectivity index (χ4n) is 8.36. The normalized spacial score (nSPS) is 11.9. The van der Waals surface area contributed by atoms with Crippen LogP contribution in [0.4, 0.5) is 0 Å². The minimum absolute atomic E-state index is 0. The molecule has 11 aromatic rings. The molecule has 11 rings (SSSR count). The van der Waals surface area contributed by atoms with Crippen molar-refractivity contribution in [3.05, 3.63) is 150 Å². The van der Waals surface area contributed by atoms with E-state index < -0.39 is 0 Å². The van der Waals surface area contributed by atoms with E-state index in [2.05, 4.69) is 115 Å². The predicted octanol–water partition coefficient (Wildman–Crippen LogP) is 11.3. The van der Waals surface area contributed by atoms with Gasteiger partial charge in [-0.05, 0) is 90.2 Å². The topological polar surface area (TPSA) is 56.7 Å². The maximum absolute atomic E-state index is 6.60. The van der Waals surface area contributed by atoms with Gasteiger partial charge in [-0.1, -0.05) is 106 Å².